The molecule has 2 atom stereocenters. The number of pyridine rings is 1. The lowest BCUT2D eigenvalue weighted by Gasteiger charge is -2.24. The Balaban J connectivity index is 1.88. The first-order chi connectivity index (χ1) is 8.31. The summed E-state index contributed by atoms with van der Waals surface area (Å²) >= 11 is 0. The Morgan fingerprint density at radius 2 is 2.47 bits per heavy atom. The van der Waals surface area contributed by atoms with Crippen molar-refractivity contribution >= 4 is 0 Å². The number of hydrogen-bond acceptors (Lipinski definition) is 3. The van der Waals surface area contributed by atoms with Crippen LogP contribution in [-0.2, 0) is 0 Å². The lowest BCUT2D eigenvalue weighted by Crippen LogP contribution is -2.28. The Morgan fingerprint density at radius 1 is 1.59 bits per heavy atom. The van der Waals surface area contributed by atoms with Crippen molar-refractivity contribution in [3.63, 3.8) is 0 Å². The smallest absolute Gasteiger partial charge is 0.0335 e. The fourth-order valence-electron chi connectivity index (χ4n) is 2.56. The number of aromatic nitrogens is 1. The minimum Gasteiger partial charge on any atom is -0.317 e. The summed E-state index contributed by atoms with van der Waals surface area (Å²) < 4.78 is 0. The topological polar surface area (TPSA) is 28.2 Å². The number of nitrogens with zero attached hydrogens (tertiary/aromatic N) is 2. The molecule has 1 fully saturated rings. The van der Waals surface area contributed by atoms with Gasteiger partial charge in [0.05, 0.1) is 0 Å². The van der Waals surface area contributed by atoms with E-state index in [0.717, 1.165) is 19.0 Å². The van der Waals surface area contributed by atoms with Crippen molar-refractivity contribution in [2.24, 2.45) is 5.92 Å². The van der Waals surface area contributed by atoms with E-state index in [2.05, 4.69) is 35.1 Å². The van der Waals surface area contributed by atoms with Gasteiger partial charge in [-0.15, -0.1) is 0 Å². The molecule has 2 rings (SSSR count). The van der Waals surface area contributed by atoms with E-state index in [9.17, 15) is 0 Å². The van der Waals surface area contributed by atoms with E-state index in [1.54, 1.807) is 0 Å². The summed E-state index contributed by atoms with van der Waals surface area (Å²) in [6.45, 7) is 9.12. The van der Waals surface area contributed by atoms with Gasteiger partial charge in [0.2, 0.25) is 0 Å². The molecular weight excluding hydrogens is 210 g/mol. The third-order valence-corrected chi connectivity index (χ3v) is 3.71. The Labute approximate surface area is 104 Å². The highest BCUT2D eigenvalue weighted by Gasteiger charge is 2.26. The first-order valence-electron chi connectivity index (χ1n) is 6.66. The van der Waals surface area contributed by atoms with Gasteiger partial charge in [-0.3, -0.25) is 9.88 Å². The highest BCUT2D eigenvalue weighted by Crippen LogP contribution is 2.26. The quantitative estimate of drug-likeness (QED) is 0.844. The molecule has 1 aromatic rings. The molecule has 0 aromatic carbocycles. The van der Waals surface area contributed by atoms with Crippen molar-refractivity contribution in [1.82, 2.24) is 15.2 Å². The lowest BCUT2D eigenvalue weighted by atomic mass is 10.1. The zero-order valence-corrected chi connectivity index (χ0v) is 10.9. The molecule has 2 heterocycles. The van der Waals surface area contributed by atoms with Gasteiger partial charge in [0.15, 0.2) is 0 Å². The average Bonchev–Trinajstić information content (AvgIpc) is 2.85. The van der Waals surface area contributed by atoms with Gasteiger partial charge in [-0.05, 0) is 50.5 Å². The molecule has 1 aliphatic heterocycles. The van der Waals surface area contributed by atoms with Crippen LogP contribution < -0.4 is 5.32 Å². The number of rotatable bonds is 5. The average molecular weight is 233 g/mol. The van der Waals surface area contributed by atoms with E-state index in [1.807, 2.05) is 18.5 Å². The molecule has 17 heavy (non-hydrogen) atoms. The third-order valence-electron chi connectivity index (χ3n) is 3.71. The fourth-order valence-corrected chi connectivity index (χ4v) is 2.56. The lowest BCUT2D eigenvalue weighted by molar-refractivity contribution is 0.251. The van der Waals surface area contributed by atoms with Gasteiger partial charge in [-0.2, -0.15) is 0 Å². The largest absolute Gasteiger partial charge is 0.317 e. The maximum Gasteiger partial charge on any atom is 0.0335 e. The van der Waals surface area contributed by atoms with Crippen LogP contribution in [0.2, 0.25) is 0 Å². The van der Waals surface area contributed by atoms with E-state index in [-0.39, 0.29) is 0 Å². The second-order valence-electron chi connectivity index (χ2n) is 4.92. The van der Waals surface area contributed by atoms with Crippen LogP contribution >= 0.6 is 0 Å². The zero-order valence-electron chi connectivity index (χ0n) is 10.9. The Bertz CT molecular complexity index is 325. The summed E-state index contributed by atoms with van der Waals surface area (Å²) in [6, 6.07) is 4.70. The summed E-state index contributed by atoms with van der Waals surface area (Å²) in [5.41, 5.74) is 1.33. The molecule has 3 nitrogen and oxygen atoms in total. The van der Waals surface area contributed by atoms with Crippen LogP contribution in [0.15, 0.2) is 24.5 Å². The molecular formula is C14H23N3. The molecule has 1 N–H and O–H groups in total. The van der Waals surface area contributed by atoms with Crippen molar-refractivity contribution in [3.05, 3.63) is 30.1 Å². The molecule has 3 heteroatoms. The van der Waals surface area contributed by atoms with Crippen LogP contribution in [0.1, 0.15) is 31.9 Å². The van der Waals surface area contributed by atoms with E-state index >= 15 is 0 Å². The molecule has 1 aliphatic rings. The Hall–Kier alpha value is -0.930. The highest BCUT2D eigenvalue weighted by molar-refractivity contribution is 5.13. The minimum atomic E-state index is 0.496. The summed E-state index contributed by atoms with van der Waals surface area (Å²) in [6.07, 6.45) is 5.15. The second-order valence-corrected chi connectivity index (χ2v) is 4.92. The molecule has 0 saturated carbocycles. The van der Waals surface area contributed by atoms with E-state index in [0.29, 0.717) is 6.04 Å². The van der Waals surface area contributed by atoms with Crippen molar-refractivity contribution in [3.8, 4) is 0 Å². The van der Waals surface area contributed by atoms with Gasteiger partial charge in [0.1, 0.15) is 0 Å². The van der Waals surface area contributed by atoms with E-state index < -0.39 is 0 Å². The van der Waals surface area contributed by atoms with Crippen LogP contribution in [-0.4, -0.2) is 36.1 Å². The van der Waals surface area contributed by atoms with Gasteiger partial charge in [0, 0.05) is 25.0 Å². The Kier molecular flexibility index (Phi) is 4.51. The summed E-state index contributed by atoms with van der Waals surface area (Å²) in [4.78, 5) is 6.78. The molecule has 1 aromatic heterocycles. The molecule has 1 saturated heterocycles. The van der Waals surface area contributed by atoms with Gasteiger partial charge in [0.25, 0.3) is 0 Å². The summed E-state index contributed by atoms with van der Waals surface area (Å²) in [7, 11) is 0. The van der Waals surface area contributed by atoms with Crippen molar-refractivity contribution < 1.29 is 0 Å². The van der Waals surface area contributed by atoms with Crippen LogP contribution in [0, 0.1) is 5.92 Å². The number of hydrogen-bond donors (Lipinski definition) is 1. The van der Waals surface area contributed by atoms with E-state index in [4.69, 9.17) is 0 Å². The maximum atomic E-state index is 4.21. The minimum absolute atomic E-state index is 0.496. The SMILES string of the molecule is CCNCC1CCN(C(C)c2cccnc2)C1. The molecule has 0 radical (unpaired) electrons. The third kappa shape index (κ3) is 3.27. The normalized spacial score (nSPS) is 22.8. The summed E-state index contributed by atoms with van der Waals surface area (Å²) in [5, 5.41) is 3.45. The second kappa shape index (κ2) is 6.12. The molecule has 0 spiro atoms. The number of likely N-dealkylation sites (tertiary alicyclic amines) is 1. The molecule has 0 aliphatic carbocycles. The highest BCUT2D eigenvalue weighted by atomic mass is 15.2. The fraction of sp³-hybridized carbons (Fsp3) is 0.643. The summed E-state index contributed by atoms with van der Waals surface area (Å²) in [5.74, 6) is 0.814. The molecule has 0 amide bonds. The van der Waals surface area contributed by atoms with Crippen LogP contribution in [0.4, 0.5) is 0 Å². The van der Waals surface area contributed by atoms with Crippen molar-refractivity contribution in [1.29, 1.82) is 0 Å². The van der Waals surface area contributed by atoms with Crippen LogP contribution in [0.3, 0.4) is 0 Å². The predicted octanol–water partition coefficient (Wildman–Crippen LogP) is 2.07. The standard InChI is InChI=1S/C14H23N3/c1-3-15-9-13-6-8-17(11-13)12(2)14-5-4-7-16-10-14/h4-5,7,10,12-13,15H,3,6,8-9,11H2,1-2H3. The van der Waals surface area contributed by atoms with Crippen LogP contribution in [0.25, 0.3) is 0 Å². The molecule has 2 unspecified atom stereocenters. The van der Waals surface area contributed by atoms with Crippen LogP contribution in [0.5, 0.6) is 0 Å². The Morgan fingerprint density at radius 3 is 3.18 bits per heavy atom. The first-order valence-corrected chi connectivity index (χ1v) is 6.66. The van der Waals surface area contributed by atoms with Gasteiger partial charge < -0.3 is 5.32 Å². The first kappa shape index (κ1) is 12.5. The zero-order chi connectivity index (χ0) is 12.1. The van der Waals surface area contributed by atoms with Crippen molar-refractivity contribution in [2.45, 2.75) is 26.3 Å². The van der Waals surface area contributed by atoms with Gasteiger partial charge in [-0.25, -0.2) is 0 Å². The monoisotopic (exact) mass is 233 g/mol. The predicted molar refractivity (Wildman–Crippen MR) is 70.9 cm³/mol. The van der Waals surface area contributed by atoms with Gasteiger partial charge >= 0.3 is 0 Å². The molecule has 0 bridgehead atoms. The number of nitrogens with one attached hydrogen (secondary N) is 1. The van der Waals surface area contributed by atoms with E-state index in [1.165, 1.54) is 25.1 Å². The molecule has 94 valence electrons. The maximum absolute atomic E-state index is 4.21. The van der Waals surface area contributed by atoms with Crippen molar-refractivity contribution in [2.75, 3.05) is 26.2 Å². The van der Waals surface area contributed by atoms with Gasteiger partial charge in [-0.1, -0.05) is 13.0 Å².